The highest BCUT2D eigenvalue weighted by Crippen LogP contribution is 2.39. The molecule has 0 saturated heterocycles. The Hall–Kier alpha value is -3.11. The Morgan fingerprint density at radius 2 is 1.68 bits per heavy atom. The number of phenols is 1. The second-order valence-corrected chi connectivity index (χ2v) is 6.22. The van der Waals surface area contributed by atoms with Gasteiger partial charge in [0.15, 0.2) is 5.60 Å². The van der Waals surface area contributed by atoms with E-state index in [1.807, 2.05) is 36.4 Å². The minimum atomic E-state index is -2.10. The lowest BCUT2D eigenvalue weighted by molar-refractivity contribution is -0.151. The van der Waals surface area contributed by atoms with Gasteiger partial charge in [-0.25, -0.2) is 4.79 Å². The standard InChI is InChI=1S/C21H16O4/c22-17-10-9-13-5-1-3-7-15(13)18(17)19-16-8-4-2-6-14(16)11-12-21(19,25)20(23)24/h1-11,22,25H,12H2,(H,23,24)/t21-/m0/s1. The first-order valence-electron chi connectivity index (χ1n) is 7.99. The molecule has 1 aliphatic rings. The number of aliphatic carboxylic acids is 1. The summed E-state index contributed by atoms with van der Waals surface area (Å²) in [5.74, 6) is -1.38. The minimum absolute atomic E-state index is 0.0509. The highest BCUT2D eigenvalue weighted by atomic mass is 16.4. The molecular formula is C21H16O4. The van der Waals surface area contributed by atoms with E-state index in [4.69, 9.17) is 0 Å². The molecule has 0 unspecified atom stereocenters. The van der Waals surface area contributed by atoms with E-state index in [9.17, 15) is 20.1 Å². The van der Waals surface area contributed by atoms with Gasteiger partial charge in [0.1, 0.15) is 5.75 Å². The first kappa shape index (κ1) is 15.4. The number of phenolic OH excluding ortho intramolecular Hbond substituents is 1. The maximum atomic E-state index is 11.9. The molecule has 1 atom stereocenters. The molecule has 4 nitrogen and oxygen atoms in total. The average molecular weight is 332 g/mol. The third kappa shape index (κ3) is 2.22. The van der Waals surface area contributed by atoms with Crippen molar-refractivity contribution in [1.82, 2.24) is 0 Å². The smallest absolute Gasteiger partial charge is 0.340 e. The van der Waals surface area contributed by atoms with Gasteiger partial charge in [0, 0.05) is 17.6 Å². The fourth-order valence-electron chi connectivity index (χ4n) is 3.54. The van der Waals surface area contributed by atoms with Crippen LogP contribution in [0.1, 0.15) is 12.0 Å². The molecule has 3 N–H and O–H groups in total. The van der Waals surface area contributed by atoms with Crippen LogP contribution < -0.4 is 10.4 Å². The van der Waals surface area contributed by atoms with Crippen molar-refractivity contribution >= 4 is 28.4 Å². The van der Waals surface area contributed by atoms with Gasteiger partial charge in [0.25, 0.3) is 0 Å². The Kier molecular flexibility index (Phi) is 3.37. The number of carboxylic acid groups (broad SMARTS) is 1. The molecule has 0 aliphatic heterocycles. The van der Waals surface area contributed by atoms with Crippen LogP contribution in [0.4, 0.5) is 0 Å². The first-order valence-corrected chi connectivity index (χ1v) is 7.99. The maximum absolute atomic E-state index is 11.9. The van der Waals surface area contributed by atoms with Crippen LogP contribution in [0.15, 0.2) is 60.7 Å². The SMILES string of the molecule is O=C(O)[C@]1(O)CC=c2ccccc2=C1c1c(O)ccc2ccccc12. The average Bonchev–Trinajstić information content (AvgIpc) is 2.62. The number of aromatic hydroxyl groups is 1. The van der Waals surface area contributed by atoms with Crippen LogP contribution in [0.5, 0.6) is 5.75 Å². The predicted molar refractivity (Wildman–Crippen MR) is 95.5 cm³/mol. The van der Waals surface area contributed by atoms with Gasteiger partial charge in [-0.05, 0) is 27.3 Å². The number of benzene rings is 3. The Balaban J connectivity index is 2.25. The number of aliphatic hydroxyl groups is 1. The van der Waals surface area contributed by atoms with E-state index in [0.29, 0.717) is 16.2 Å². The number of carbonyl (C=O) groups is 1. The van der Waals surface area contributed by atoms with Crippen molar-refractivity contribution in [1.29, 1.82) is 0 Å². The minimum Gasteiger partial charge on any atom is -0.507 e. The summed E-state index contributed by atoms with van der Waals surface area (Å²) in [5, 5.41) is 34.3. The number of hydrogen-bond acceptors (Lipinski definition) is 3. The molecule has 4 heteroatoms. The van der Waals surface area contributed by atoms with E-state index < -0.39 is 11.6 Å². The van der Waals surface area contributed by atoms with Crippen molar-refractivity contribution in [3.63, 3.8) is 0 Å². The van der Waals surface area contributed by atoms with Crippen LogP contribution >= 0.6 is 0 Å². The van der Waals surface area contributed by atoms with Crippen LogP contribution in [0.25, 0.3) is 22.4 Å². The third-order valence-electron chi connectivity index (χ3n) is 4.77. The molecule has 3 aromatic rings. The Morgan fingerprint density at radius 3 is 2.48 bits per heavy atom. The topological polar surface area (TPSA) is 77.8 Å². The summed E-state index contributed by atoms with van der Waals surface area (Å²) >= 11 is 0. The van der Waals surface area contributed by atoms with E-state index in [1.54, 1.807) is 24.3 Å². The molecule has 0 heterocycles. The Labute approximate surface area is 143 Å². The molecule has 0 bridgehead atoms. The third-order valence-corrected chi connectivity index (χ3v) is 4.77. The molecule has 0 saturated carbocycles. The molecule has 0 radical (unpaired) electrons. The molecule has 0 amide bonds. The molecule has 0 fully saturated rings. The zero-order chi connectivity index (χ0) is 17.6. The quantitative estimate of drug-likeness (QED) is 0.668. The van der Waals surface area contributed by atoms with Gasteiger partial charge >= 0.3 is 5.97 Å². The van der Waals surface area contributed by atoms with Crippen LogP contribution in [0.3, 0.4) is 0 Å². The number of rotatable bonds is 2. The zero-order valence-electron chi connectivity index (χ0n) is 13.3. The van der Waals surface area contributed by atoms with Crippen molar-refractivity contribution in [3.8, 4) is 5.75 Å². The monoisotopic (exact) mass is 332 g/mol. The summed E-state index contributed by atoms with van der Waals surface area (Å²) in [7, 11) is 0. The molecule has 124 valence electrons. The van der Waals surface area contributed by atoms with Crippen LogP contribution in [-0.4, -0.2) is 26.9 Å². The van der Waals surface area contributed by atoms with Gasteiger partial charge < -0.3 is 15.3 Å². The number of fused-ring (bicyclic) bond motifs is 2. The second kappa shape index (κ2) is 5.46. The van der Waals surface area contributed by atoms with Crippen molar-refractivity contribution in [2.75, 3.05) is 0 Å². The van der Waals surface area contributed by atoms with E-state index in [2.05, 4.69) is 0 Å². The molecular weight excluding hydrogens is 316 g/mol. The lowest BCUT2D eigenvalue weighted by Crippen LogP contribution is -2.48. The van der Waals surface area contributed by atoms with Gasteiger partial charge in [-0.2, -0.15) is 0 Å². The summed E-state index contributed by atoms with van der Waals surface area (Å²) in [6, 6.07) is 18.0. The highest BCUT2D eigenvalue weighted by Gasteiger charge is 2.43. The van der Waals surface area contributed by atoms with Crippen LogP contribution in [0, 0.1) is 0 Å². The molecule has 0 spiro atoms. The van der Waals surface area contributed by atoms with Crippen molar-refractivity contribution in [3.05, 3.63) is 76.7 Å². The van der Waals surface area contributed by atoms with Crippen molar-refractivity contribution in [2.45, 2.75) is 12.0 Å². The Morgan fingerprint density at radius 1 is 0.960 bits per heavy atom. The normalized spacial score (nSPS) is 19.3. The molecule has 3 aromatic carbocycles. The fraction of sp³-hybridized carbons (Fsp3) is 0.0952. The molecule has 4 rings (SSSR count). The summed E-state index contributed by atoms with van der Waals surface area (Å²) in [6.45, 7) is 0. The van der Waals surface area contributed by atoms with Crippen molar-refractivity contribution in [2.24, 2.45) is 0 Å². The number of carboxylic acids is 1. The summed E-state index contributed by atoms with van der Waals surface area (Å²) in [5.41, 5.74) is -1.51. The summed E-state index contributed by atoms with van der Waals surface area (Å²) in [6.07, 6.45) is 1.66. The molecule has 25 heavy (non-hydrogen) atoms. The lowest BCUT2D eigenvalue weighted by atomic mass is 9.78. The van der Waals surface area contributed by atoms with Gasteiger partial charge in [-0.1, -0.05) is 60.7 Å². The summed E-state index contributed by atoms with van der Waals surface area (Å²) < 4.78 is 0. The number of hydrogen-bond donors (Lipinski definition) is 3. The maximum Gasteiger partial charge on any atom is 0.340 e. The van der Waals surface area contributed by atoms with E-state index in [0.717, 1.165) is 10.6 Å². The van der Waals surface area contributed by atoms with Crippen molar-refractivity contribution < 1.29 is 20.1 Å². The van der Waals surface area contributed by atoms with E-state index >= 15 is 0 Å². The lowest BCUT2D eigenvalue weighted by Gasteiger charge is -2.29. The fourth-order valence-corrected chi connectivity index (χ4v) is 3.54. The van der Waals surface area contributed by atoms with Gasteiger partial charge in [-0.3, -0.25) is 0 Å². The second-order valence-electron chi connectivity index (χ2n) is 6.22. The summed E-state index contributed by atoms with van der Waals surface area (Å²) in [4.78, 5) is 11.9. The predicted octanol–water partition coefficient (Wildman–Crippen LogP) is 1.74. The van der Waals surface area contributed by atoms with E-state index in [1.165, 1.54) is 6.07 Å². The largest absolute Gasteiger partial charge is 0.507 e. The van der Waals surface area contributed by atoms with Crippen LogP contribution in [0.2, 0.25) is 0 Å². The van der Waals surface area contributed by atoms with Gasteiger partial charge in [0.05, 0.1) is 0 Å². The van der Waals surface area contributed by atoms with E-state index in [-0.39, 0.29) is 17.7 Å². The van der Waals surface area contributed by atoms with Gasteiger partial charge in [0.2, 0.25) is 0 Å². The van der Waals surface area contributed by atoms with Gasteiger partial charge in [-0.15, -0.1) is 0 Å². The molecule has 0 aromatic heterocycles. The Bertz CT molecular complexity index is 1130. The zero-order valence-corrected chi connectivity index (χ0v) is 13.3. The molecule has 1 aliphatic carbocycles. The first-order chi connectivity index (χ1) is 12.0. The van der Waals surface area contributed by atoms with Crippen LogP contribution in [-0.2, 0) is 4.79 Å². The highest BCUT2D eigenvalue weighted by molar-refractivity contribution is 6.05.